The predicted molar refractivity (Wildman–Crippen MR) is 107 cm³/mol. The third-order valence-electron chi connectivity index (χ3n) is 4.58. The molecule has 0 saturated heterocycles. The Kier molecular flexibility index (Phi) is 4.85. The Balaban J connectivity index is 1.64. The molecule has 1 amide bonds. The minimum atomic E-state index is -0.276. The number of nitrogens with zero attached hydrogens (tertiary/aromatic N) is 3. The summed E-state index contributed by atoms with van der Waals surface area (Å²) in [4.78, 5) is 16.9. The number of benzene rings is 2. The van der Waals surface area contributed by atoms with Crippen molar-refractivity contribution in [2.75, 3.05) is 5.32 Å². The van der Waals surface area contributed by atoms with Gasteiger partial charge in [-0.05, 0) is 48.2 Å². The number of carbonyl (C=O) groups is 1. The van der Waals surface area contributed by atoms with Crippen molar-refractivity contribution >= 4 is 17.4 Å². The molecule has 6 heteroatoms. The zero-order chi connectivity index (χ0) is 19.5. The predicted octanol–water partition coefficient (Wildman–Crippen LogP) is 4.42. The molecule has 140 valence electrons. The third kappa shape index (κ3) is 3.62. The second kappa shape index (κ2) is 7.60. The second-order valence-electron chi connectivity index (χ2n) is 6.61. The standard InChI is InChI=1S/C22H19FN4O/c1-15-14-17(9-10-18(15)23)20-21(26-27-13-5-12-24-22(20)27)25-19(28)11-8-16-6-3-2-4-7-16/h2-7,9-10,12-14H,8,11H2,1H3,(H,25,26,28). The molecule has 0 radical (unpaired) electrons. The van der Waals surface area contributed by atoms with Crippen LogP contribution in [0.1, 0.15) is 17.5 Å². The molecule has 4 aromatic rings. The monoisotopic (exact) mass is 374 g/mol. The summed E-state index contributed by atoms with van der Waals surface area (Å²) < 4.78 is 15.3. The highest BCUT2D eigenvalue weighted by molar-refractivity contribution is 5.97. The summed E-state index contributed by atoms with van der Waals surface area (Å²) >= 11 is 0. The highest BCUT2D eigenvalue weighted by atomic mass is 19.1. The summed E-state index contributed by atoms with van der Waals surface area (Å²) in [6.45, 7) is 1.70. The van der Waals surface area contributed by atoms with Crippen molar-refractivity contribution in [3.05, 3.63) is 83.9 Å². The van der Waals surface area contributed by atoms with E-state index in [4.69, 9.17) is 0 Å². The van der Waals surface area contributed by atoms with Crippen molar-refractivity contribution in [3.8, 4) is 11.1 Å². The van der Waals surface area contributed by atoms with E-state index in [-0.39, 0.29) is 11.7 Å². The van der Waals surface area contributed by atoms with Gasteiger partial charge >= 0.3 is 0 Å². The molecule has 5 nitrogen and oxygen atoms in total. The first-order chi connectivity index (χ1) is 13.6. The molecule has 1 N–H and O–H groups in total. The molecular formula is C22H19FN4O. The van der Waals surface area contributed by atoms with Crippen LogP contribution in [0.25, 0.3) is 16.8 Å². The number of anilines is 1. The van der Waals surface area contributed by atoms with Gasteiger partial charge < -0.3 is 5.32 Å². The molecule has 0 atom stereocenters. The van der Waals surface area contributed by atoms with Crippen LogP contribution < -0.4 is 5.32 Å². The molecule has 0 unspecified atom stereocenters. The summed E-state index contributed by atoms with van der Waals surface area (Å²) in [5.74, 6) is 0.0109. The molecule has 0 spiro atoms. The van der Waals surface area contributed by atoms with Crippen molar-refractivity contribution in [1.82, 2.24) is 14.6 Å². The van der Waals surface area contributed by atoms with Crippen molar-refractivity contribution in [3.63, 3.8) is 0 Å². The van der Waals surface area contributed by atoms with Gasteiger partial charge in [0.15, 0.2) is 11.5 Å². The molecule has 2 aromatic heterocycles. The number of rotatable bonds is 5. The number of aromatic nitrogens is 3. The lowest BCUT2D eigenvalue weighted by Gasteiger charge is -2.07. The van der Waals surface area contributed by atoms with Gasteiger partial charge in [0, 0.05) is 18.8 Å². The molecule has 2 heterocycles. The van der Waals surface area contributed by atoms with E-state index in [1.54, 1.807) is 42.0 Å². The first-order valence-electron chi connectivity index (χ1n) is 9.05. The van der Waals surface area contributed by atoms with Gasteiger partial charge in [-0.15, -0.1) is 5.10 Å². The number of hydrogen-bond donors (Lipinski definition) is 1. The van der Waals surface area contributed by atoms with E-state index in [0.717, 1.165) is 11.1 Å². The van der Waals surface area contributed by atoms with Crippen molar-refractivity contribution in [1.29, 1.82) is 0 Å². The number of aryl methyl sites for hydroxylation is 2. The Hall–Kier alpha value is -3.54. The molecule has 0 saturated carbocycles. The molecular weight excluding hydrogens is 355 g/mol. The van der Waals surface area contributed by atoms with Crippen LogP contribution in [0.2, 0.25) is 0 Å². The number of amides is 1. The van der Waals surface area contributed by atoms with Crippen molar-refractivity contribution in [2.24, 2.45) is 0 Å². The van der Waals surface area contributed by atoms with E-state index in [1.807, 2.05) is 30.3 Å². The summed E-state index contributed by atoms with van der Waals surface area (Å²) in [5.41, 5.74) is 3.66. The summed E-state index contributed by atoms with van der Waals surface area (Å²) in [6, 6.07) is 16.4. The van der Waals surface area contributed by atoms with E-state index in [1.165, 1.54) is 6.07 Å². The van der Waals surface area contributed by atoms with Crippen LogP contribution in [0.15, 0.2) is 67.0 Å². The first kappa shape index (κ1) is 17.9. The van der Waals surface area contributed by atoms with E-state index in [2.05, 4.69) is 15.4 Å². The Bertz CT molecular complexity index is 1140. The lowest BCUT2D eigenvalue weighted by Crippen LogP contribution is -2.13. The molecule has 0 bridgehead atoms. The molecule has 28 heavy (non-hydrogen) atoms. The van der Waals surface area contributed by atoms with E-state index < -0.39 is 0 Å². The molecule has 0 aliphatic rings. The number of halogens is 1. The summed E-state index contributed by atoms with van der Waals surface area (Å²) in [5, 5.41) is 7.36. The van der Waals surface area contributed by atoms with Crippen LogP contribution in [0.4, 0.5) is 10.2 Å². The van der Waals surface area contributed by atoms with E-state index >= 15 is 0 Å². The van der Waals surface area contributed by atoms with E-state index in [9.17, 15) is 9.18 Å². The third-order valence-corrected chi connectivity index (χ3v) is 4.58. The van der Waals surface area contributed by atoms with Crippen LogP contribution >= 0.6 is 0 Å². The van der Waals surface area contributed by atoms with Gasteiger partial charge in [0.2, 0.25) is 5.91 Å². The quantitative estimate of drug-likeness (QED) is 0.563. The van der Waals surface area contributed by atoms with Gasteiger partial charge in [-0.3, -0.25) is 4.79 Å². The van der Waals surface area contributed by atoms with Gasteiger partial charge in [0.1, 0.15) is 5.82 Å². The summed E-state index contributed by atoms with van der Waals surface area (Å²) in [6.07, 6.45) is 4.41. The average molecular weight is 374 g/mol. The number of hydrogen-bond acceptors (Lipinski definition) is 3. The van der Waals surface area contributed by atoms with Gasteiger partial charge in [0.25, 0.3) is 0 Å². The number of carbonyl (C=O) groups excluding carboxylic acids is 1. The van der Waals surface area contributed by atoms with Crippen LogP contribution in [0.3, 0.4) is 0 Å². The fourth-order valence-corrected chi connectivity index (χ4v) is 3.14. The Morgan fingerprint density at radius 3 is 2.75 bits per heavy atom. The van der Waals surface area contributed by atoms with Crippen LogP contribution in [0, 0.1) is 12.7 Å². The zero-order valence-corrected chi connectivity index (χ0v) is 15.4. The fraction of sp³-hybridized carbons (Fsp3) is 0.136. The zero-order valence-electron chi connectivity index (χ0n) is 15.4. The van der Waals surface area contributed by atoms with Crippen LogP contribution in [0.5, 0.6) is 0 Å². The number of nitrogens with one attached hydrogen (secondary N) is 1. The van der Waals surface area contributed by atoms with Gasteiger partial charge in [0.05, 0.1) is 5.56 Å². The van der Waals surface area contributed by atoms with E-state index in [0.29, 0.717) is 35.4 Å². The lowest BCUT2D eigenvalue weighted by molar-refractivity contribution is -0.116. The maximum atomic E-state index is 13.7. The highest BCUT2D eigenvalue weighted by Crippen LogP contribution is 2.32. The maximum absolute atomic E-state index is 13.7. The normalized spacial score (nSPS) is 10.9. The smallest absolute Gasteiger partial charge is 0.225 e. The number of fused-ring (bicyclic) bond motifs is 1. The van der Waals surface area contributed by atoms with Crippen LogP contribution in [-0.4, -0.2) is 20.5 Å². The molecule has 4 rings (SSSR count). The Morgan fingerprint density at radius 2 is 1.96 bits per heavy atom. The fourth-order valence-electron chi connectivity index (χ4n) is 3.14. The molecule has 0 aliphatic heterocycles. The van der Waals surface area contributed by atoms with Crippen LogP contribution in [-0.2, 0) is 11.2 Å². The first-order valence-corrected chi connectivity index (χ1v) is 9.05. The molecule has 0 aliphatic carbocycles. The molecule has 0 fully saturated rings. The largest absolute Gasteiger partial charge is 0.309 e. The lowest BCUT2D eigenvalue weighted by atomic mass is 10.0. The van der Waals surface area contributed by atoms with Crippen molar-refractivity contribution in [2.45, 2.75) is 19.8 Å². The Labute approximate surface area is 161 Å². The SMILES string of the molecule is Cc1cc(-c2c(NC(=O)CCc3ccccc3)nn3cccnc23)ccc1F. The minimum Gasteiger partial charge on any atom is -0.309 e. The van der Waals surface area contributed by atoms with Crippen molar-refractivity contribution < 1.29 is 9.18 Å². The maximum Gasteiger partial charge on any atom is 0.225 e. The average Bonchev–Trinajstić information content (AvgIpc) is 3.07. The summed E-state index contributed by atoms with van der Waals surface area (Å²) in [7, 11) is 0. The Morgan fingerprint density at radius 1 is 1.14 bits per heavy atom. The topological polar surface area (TPSA) is 59.3 Å². The van der Waals surface area contributed by atoms with Gasteiger partial charge in [-0.25, -0.2) is 13.9 Å². The van der Waals surface area contributed by atoms with Gasteiger partial charge in [-0.1, -0.05) is 36.4 Å². The second-order valence-corrected chi connectivity index (χ2v) is 6.61. The molecule has 2 aromatic carbocycles. The highest BCUT2D eigenvalue weighted by Gasteiger charge is 2.18. The van der Waals surface area contributed by atoms with Gasteiger partial charge in [-0.2, -0.15) is 0 Å². The minimum absolute atomic E-state index is 0.132.